The average Bonchev–Trinajstić information content (AvgIpc) is 2.91. The van der Waals surface area contributed by atoms with Crippen molar-refractivity contribution in [2.24, 2.45) is 0 Å². The van der Waals surface area contributed by atoms with Crippen LogP contribution in [0.25, 0.3) is 11.4 Å². The summed E-state index contributed by atoms with van der Waals surface area (Å²) in [7, 11) is 1.41. The number of hydrogen-bond donors (Lipinski definition) is 1. The number of ether oxygens (including phenoxy) is 1. The molecule has 0 aliphatic heterocycles. The molecule has 0 bridgehead atoms. The summed E-state index contributed by atoms with van der Waals surface area (Å²) < 4.78 is 44.9. The van der Waals surface area contributed by atoms with E-state index in [2.05, 4.69) is 4.98 Å². The third-order valence-electron chi connectivity index (χ3n) is 3.15. The number of aliphatic hydroxyl groups is 1. The van der Waals surface area contributed by atoms with Gasteiger partial charge in [-0.3, -0.25) is 0 Å². The zero-order valence-corrected chi connectivity index (χ0v) is 11.6. The van der Waals surface area contributed by atoms with Gasteiger partial charge in [-0.15, -0.1) is 0 Å². The molecule has 0 radical (unpaired) electrons. The van der Waals surface area contributed by atoms with Crippen molar-refractivity contribution in [3.05, 3.63) is 41.7 Å². The third kappa shape index (κ3) is 3.25. The van der Waals surface area contributed by atoms with Gasteiger partial charge in [0, 0.05) is 18.9 Å². The molecule has 1 unspecified atom stereocenters. The molecule has 1 N–H and O–H groups in total. The Morgan fingerprint density at radius 2 is 1.90 bits per heavy atom. The van der Waals surface area contributed by atoms with E-state index in [1.54, 1.807) is 31.2 Å². The standard InChI is InChI=1S/C14H15F3N2O2/c1-9(21-2)19-7-12(14(15,16)17)18-13(19)11-5-3-10(8-20)4-6-11/h3-7,9,20H,8H2,1-2H3. The number of halogens is 3. The molecule has 1 heterocycles. The van der Waals surface area contributed by atoms with Crippen LogP contribution < -0.4 is 0 Å². The maximum absolute atomic E-state index is 12.8. The second-order valence-electron chi connectivity index (χ2n) is 4.54. The fourth-order valence-electron chi connectivity index (χ4n) is 1.89. The fourth-order valence-corrected chi connectivity index (χ4v) is 1.89. The quantitative estimate of drug-likeness (QED) is 0.943. The van der Waals surface area contributed by atoms with Crippen molar-refractivity contribution in [3.63, 3.8) is 0 Å². The highest BCUT2D eigenvalue weighted by Crippen LogP contribution is 2.32. The topological polar surface area (TPSA) is 47.3 Å². The van der Waals surface area contributed by atoms with Crippen molar-refractivity contribution in [2.45, 2.75) is 25.9 Å². The van der Waals surface area contributed by atoms with Gasteiger partial charge in [-0.25, -0.2) is 4.98 Å². The Kier molecular flexibility index (Phi) is 4.34. The van der Waals surface area contributed by atoms with Crippen molar-refractivity contribution in [1.29, 1.82) is 0 Å². The number of aromatic nitrogens is 2. The van der Waals surface area contributed by atoms with Crippen LogP contribution in [0.1, 0.15) is 24.4 Å². The molecular weight excluding hydrogens is 285 g/mol. The molecule has 0 fully saturated rings. The van der Waals surface area contributed by atoms with E-state index in [-0.39, 0.29) is 12.4 Å². The molecule has 114 valence electrons. The van der Waals surface area contributed by atoms with E-state index < -0.39 is 18.1 Å². The first-order valence-electron chi connectivity index (χ1n) is 6.26. The average molecular weight is 300 g/mol. The highest BCUT2D eigenvalue weighted by atomic mass is 19.4. The van der Waals surface area contributed by atoms with Gasteiger partial charge in [-0.05, 0) is 12.5 Å². The summed E-state index contributed by atoms with van der Waals surface area (Å²) in [5.41, 5.74) is 0.229. The molecule has 1 aromatic heterocycles. The predicted molar refractivity (Wildman–Crippen MR) is 70.3 cm³/mol. The van der Waals surface area contributed by atoms with Gasteiger partial charge in [-0.2, -0.15) is 13.2 Å². The number of nitrogens with zero attached hydrogens (tertiary/aromatic N) is 2. The Balaban J connectivity index is 2.51. The minimum Gasteiger partial charge on any atom is -0.392 e. The lowest BCUT2D eigenvalue weighted by Crippen LogP contribution is -2.08. The molecule has 0 spiro atoms. The van der Waals surface area contributed by atoms with Gasteiger partial charge in [-0.1, -0.05) is 24.3 Å². The number of rotatable bonds is 4. The second-order valence-corrected chi connectivity index (χ2v) is 4.54. The Hall–Kier alpha value is -1.86. The number of aliphatic hydroxyl groups excluding tert-OH is 1. The summed E-state index contributed by atoms with van der Waals surface area (Å²) in [4.78, 5) is 3.67. The summed E-state index contributed by atoms with van der Waals surface area (Å²) in [6, 6.07) is 6.51. The molecule has 2 rings (SSSR count). The molecule has 4 nitrogen and oxygen atoms in total. The summed E-state index contributed by atoms with van der Waals surface area (Å²) in [5.74, 6) is 0.168. The minimum atomic E-state index is -4.52. The lowest BCUT2D eigenvalue weighted by Gasteiger charge is -2.14. The maximum Gasteiger partial charge on any atom is 0.434 e. The Morgan fingerprint density at radius 1 is 1.29 bits per heavy atom. The predicted octanol–water partition coefficient (Wildman–Crippen LogP) is 3.23. The number of benzene rings is 1. The Bertz CT molecular complexity index is 606. The molecule has 0 aliphatic rings. The van der Waals surface area contributed by atoms with Crippen molar-refractivity contribution in [1.82, 2.24) is 9.55 Å². The lowest BCUT2D eigenvalue weighted by atomic mass is 10.1. The lowest BCUT2D eigenvalue weighted by molar-refractivity contribution is -0.141. The maximum atomic E-state index is 12.8. The van der Waals surface area contributed by atoms with Gasteiger partial charge in [0.25, 0.3) is 0 Å². The number of methoxy groups -OCH3 is 1. The van der Waals surface area contributed by atoms with Crippen LogP contribution in [-0.4, -0.2) is 21.8 Å². The molecular formula is C14H15F3N2O2. The summed E-state index contributed by atoms with van der Waals surface area (Å²) >= 11 is 0. The van der Waals surface area contributed by atoms with Crippen LogP contribution in [0.2, 0.25) is 0 Å². The highest BCUT2D eigenvalue weighted by molar-refractivity contribution is 5.57. The van der Waals surface area contributed by atoms with Crippen LogP contribution in [-0.2, 0) is 17.5 Å². The monoisotopic (exact) mass is 300 g/mol. The van der Waals surface area contributed by atoms with E-state index >= 15 is 0 Å². The van der Waals surface area contributed by atoms with E-state index in [0.717, 1.165) is 6.20 Å². The summed E-state index contributed by atoms with van der Waals surface area (Å²) in [6.07, 6.45) is -4.16. The zero-order valence-electron chi connectivity index (χ0n) is 11.6. The van der Waals surface area contributed by atoms with Crippen LogP contribution in [0.3, 0.4) is 0 Å². The van der Waals surface area contributed by atoms with Crippen molar-refractivity contribution >= 4 is 0 Å². The SMILES string of the molecule is COC(C)n1cc(C(F)(F)F)nc1-c1ccc(CO)cc1. The molecule has 0 aliphatic carbocycles. The Morgan fingerprint density at radius 3 is 2.38 bits per heavy atom. The van der Waals surface area contributed by atoms with Gasteiger partial charge in [0.15, 0.2) is 5.69 Å². The van der Waals surface area contributed by atoms with Crippen LogP contribution in [0.4, 0.5) is 13.2 Å². The minimum absolute atomic E-state index is 0.128. The molecule has 2 aromatic rings. The number of hydrogen-bond acceptors (Lipinski definition) is 3. The van der Waals surface area contributed by atoms with Gasteiger partial charge < -0.3 is 14.4 Å². The number of imidazole rings is 1. The van der Waals surface area contributed by atoms with Gasteiger partial charge in [0.05, 0.1) is 6.61 Å². The molecule has 1 aromatic carbocycles. The van der Waals surface area contributed by atoms with Crippen molar-refractivity contribution in [3.8, 4) is 11.4 Å². The normalized spacial score (nSPS) is 13.4. The van der Waals surface area contributed by atoms with E-state index in [4.69, 9.17) is 9.84 Å². The second kappa shape index (κ2) is 5.87. The first-order valence-corrected chi connectivity index (χ1v) is 6.26. The van der Waals surface area contributed by atoms with E-state index in [0.29, 0.717) is 11.1 Å². The van der Waals surface area contributed by atoms with E-state index in [9.17, 15) is 13.2 Å². The third-order valence-corrected chi connectivity index (χ3v) is 3.15. The summed E-state index contributed by atoms with van der Waals surface area (Å²) in [5, 5.41) is 9.00. The fraction of sp³-hybridized carbons (Fsp3) is 0.357. The number of alkyl halides is 3. The highest BCUT2D eigenvalue weighted by Gasteiger charge is 2.35. The zero-order chi connectivity index (χ0) is 15.6. The van der Waals surface area contributed by atoms with Crippen molar-refractivity contribution < 1.29 is 23.0 Å². The van der Waals surface area contributed by atoms with Gasteiger partial charge in [0.1, 0.15) is 12.1 Å². The van der Waals surface area contributed by atoms with E-state index in [1.807, 2.05) is 0 Å². The van der Waals surface area contributed by atoms with Crippen LogP contribution in [0, 0.1) is 0 Å². The largest absolute Gasteiger partial charge is 0.434 e. The molecule has 7 heteroatoms. The molecule has 0 amide bonds. The van der Waals surface area contributed by atoms with Crippen LogP contribution >= 0.6 is 0 Å². The first kappa shape index (κ1) is 15.5. The van der Waals surface area contributed by atoms with Crippen LogP contribution in [0.15, 0.2) is 30.5 Å². The smallest absolute Gasteiger partial charge is 0.392 e. The molecule has 21 heavy (non-hydrogen) atoms. The molecule has 1 atom stereocenters. The van der Waals surface area contributed by atoms with Crippen molar-refractivity contribution in [2.75, 3.05) is 7.11 Å². The summed E-state index contributed by atoms with van der Waals surface area (Å²) in [6.45, 7) is 1.50. The van der Waals surface area contributed by atoms with Gasteiger partial charge >= 0.3 is 6.18 Å². The van der Waals surface area contributed by atoms with Gasteiger partial charge in [0.2, 0.25) is 0 Å². The van der Waals surface area contributed by atoms with E-state index in [1.165, 1.54) is 11.7 Å². The Labute approximate surface area is 119 Å². The molecule has 0 saturated heterocycles. The van der Waals surface area contributed by atoms with Crippen LogP contribution in [0.5, 0.6) is 0 Å². The first-order chi connectivity index (χ1) is 9.86. The molecule has 0 saturated carbocycles.